The lowest BCUT2D eigenvalue weighted by Gasteiger charge is -2.39. The Hall–Kier alpha value is -1.55. The molecule has 0 saturated heterocycles. The molecule has 0 amide bonds. The summed E-state index contributed by atoms with van der Waals surface area (Å²) >= 11 is 0. The lowest BCUT2D eigenvalue weighted by atomic mass is 9.79. The first-order chi connectivity index (χ1) is 9.85. The molecule has 118 valence electrons. The molecule has 0 fully saturated rings. The molecule has 0 spiro atoms. The predicted octanol–water partition coefficient (Wildman–Crippen LogP) is 3.06. The number of benzene rings is 1. The molecule has 4 nitrogen and oxygen atoms in total. The Morgan fingerprint density at radius 2 is 2.05 bits per heavy atom. The van der Waals surface area contributed by atoms with Crippen LogP contribution < -0.4 is 4.74 Å². The lowest BCUT2D eigenvalue weighted by molar-refractivity contribution is -0.166. The van der Waals surface area contributed by atoms with Crippen LogP contribution in [0.25, 0.3) is 0 Å². The molecule has 0 aliphatic heterocycles. The molecular formula is C17H27NO3. The van der Waals surface area contributed by atoms with Crippen molar-refractivity contribution in [1.29, 1.82) is 0 Å². The van der Waals surface area contributed by atoms with E-state index in [2.05, 4.69) is 18.7 Å². The number of carbonyl (C=O) groups excluding carboxylic acids is 1. The molecule has 1 aromatic carbocycles. The third-order valence-electron chi connectivity index (χ3n) is 3.84. The standard InChI is InChI=1S/C17H27NO3/c1-7-17(21-14(3)19,13(2)12-18(4)5)15-9-8-10-16(11-15)20-6/h8-11,13H,7,12H2,1-6H3. The van der Waals surface area contributed by atoms with E-state index in [1.165, 1.54) is 6.92 Å². The molecule has 0 aliphatic rings. The van der Waals surface area contributed by atoms with E-state index in [0.717, 1.165) is 24.3 Å². The van der Waals surface area contributed by atoms with E-state index in [1.54, 1.807) is 7.11 Å². The van der Waals surface area contributed by atoms with Crippen LogP contribution in [0.5, 0.6) is 5.75 Å². The second-order valence-corrected chi connectivity index (χ2v) is 5.73. The third kappa shape index (κ3) is 4.21. The topological polar surface area (TPSA) is 38.8 Å². The maximum absolute atomic E-state index is 11.7. The quantitative estimate of drug-likeness (QED) is 0.724. The number of hydrogen-bond acceptors (Lipinski definition) is 4. The summed E-state index contributed by atoms with van der Waals surface area (Å²) in [6.07, 6.45) is 0.717. The van der Waals surface area contributed by atoms with E-state index in [9.17, 15) is 4.79 Å². The maximum Gasteiger partial charge on any atom is 0.303 e. The minimum Gasteiger partial charge on any atom is -0.497 e. The number of hydrogen-bond donors (Lipinski definition) is 0. The molecule has 21 heavy (non-hydrogen) atoms. The molecule has 0 N–H and O–H groups in total. The van der Waals surface area contributed by atoms with Gasteiger partial charge in [-0.1, -0.05) is 26.0 Å². The van der Waals surface area contributed by atoms with Crippen molar-refractivity contribution in [3.8, 4) is 5.75 Å². The number of esters is 1. The van der Waals surface area contributed by atoms with Gasteiger partial charge >= 0.3 is 5.97 Å². The van der Waals surface area contributed by atoms with Gasteiger partial charge in [-0.15, -0.1) is 0 Å². The average molecular weight is 293 g/mol. The fourth-order valence-electron chi connectivity index (χ4n) is 2.91. The molecular weight excluding hydrogens is 266 g/mol. The lowest BCUT2D eigenvalue weighted by Crippen LogP contribution is -2.42. The first-order valence-corrected chi connectivity index (χ1v) is 7.34. The van der Waals surface area contributed by atoms with E-state index in [4.69, 9.17) is 9.47 Å². The molecule has 0 aliphatic carbocycles. The molecule has 1 aromatic rings. The van der Waals surface area contributed by atoms with E-state index in [-0.39, 0.29) is 11.9 Å². The van der Waals surface area contributed by atoms with Gasteiger partial charge in [0.1, 0.15) is 11.4 Å². The van der Waals surface area contributed by atoms with Crippen molar-refractivity contribution in [2.45, 2.75) is 32.8 Å². The first-order valence-electron chi connectivity index (χ1n) is 7.34. The van der Waals surface area contributed by atoms with E-state index in [1.807, 2.05) is 38.4 Å². The second kappa shape index (κ2) is 7.46. The minimum absolute atomic E-state index is 0.161. The smallest absolute Gasteiger partial charge is 0.303 e. The Morgan fingerprint density at radius 3 is 2.52 bits per heavy atom. The molecule has 1 rings (SSSR count). The van der Waals surface area contributed by atoms with Crippen molar-refractivity contribution in [3.05, 3.63) is 29.8 Å². The van der Waals surface area contributed by atoms with Gasteiger partial charge in [0.25, 0.3) is 0 Å². The van der Waals surface area contributed by atoms with Crippen LogP contribution in [0.3, 0.4) is 0 Å². The van der Waals surface area contributed by atoms with Gasteiger partial charge in [-0.25, -0.2) is 0 Å². The monoisotopic (exact) mass is 293 g/mol. The second-order valence-electron chi connectivity index (χ2n) is 5.73. The number of nitrogens with zero attached hydrogens (tertiary/aromatic N) is 1. The number of rotatable bonds is 7. The van der Waals surface area contributed by atoms with Crippen molar-refractivity contribution in [3.63, 3.8) is 0 Å². The van der Waals surface area contributed by atoms with Crippen LogP contribution in [-0.2, 0) is 15.1 Å². The van der Waals surface area contributed by atoms with Crippen LogP contribution in [0.4, 0.5) is 0 Å². The predicted molar refractivity (Wildman–Crippen MR) is 84.4 cm³/mol. The minimum atomic E-state index is -0.634. The maximum atomic E-state index is 11.7. The molecule has 0 heterocycles. The van der Waals surface area contributed by atoms with Crippen molar-refractivity contribution in [2.75, 3.05) is 27.7 Å². The normalized spacial score (nSPS) is 15.4. The van der Waals surface area contributed by atoms with Crippen LogP contribution >= 0.6 is 0 Å². The summed E-state index contributed by atoms with van der Waals surface area (Å²) in [4.78, 5) is 13.8. The van der Waals surface area contributed by atoms with Gasteiger partial charge in [0.2, 0.25) is 0 Å². The Bertz CT molecular complexity index is 473. The van der Waals surface area contributed by atoms with E-state index < -0.39 is 5.60 Å². The Morgan fingerprint density at radius 1 is 1.38 bits per heavy atom. The highest BCUT2D eigenvalue weighted by Crippen LogP contribution is 2.39. The van der Waals surface area contributed by atoms with Crippen LogP contribution in [0.1, 0.15) is 32.8 Å². The molecule has 4 heteroatoms. The van der Waals surface area contributed by atoms with E-state index in [0.29, 0.717) is 0 Å². The summed E-state index contributed by atoms with van der Waals surface area (Å²) in [5.74, 6) is 0.674. The molecule has 2 atom stereocenters. The fraction of sp³-hybridized carbons (Fsp3) is 0.588. The van der Waals surface area contributed by atoms with Crippen LogP contribution in [0.2, 0.25) is 0 Å². The number of methoxy groups -OCH3 is 1. The third-order valence-corrected chi connectivity index (χ3v) is 3.84. The van der Waals surface area contributed by atoms with Gasteiger partial charge in [0.15, 0.2) is 0 Å². The Balaban J connectivity index is 3.30. The van der Waals surface area contributed by atoms with Gasteiger partial charge in [-0.3, -0.25) is 4.79 Å². The summed E-state index contributed by atoms with van der Waals surface area (Å²) in [7, 11) is 5.69. The molecule has 0 bridgehead atoms. The summed E-state index contributed by atoms with van der Waals surface area (Å²) in [5.41, 5.74) is 0.346. The highest BCUT2D eigenvalue weighted by atomic mass is 16.6. The van der Waals surface area contributed by atoms with Crippen LogP contribution in [0.15, 0.2) is 24.3 Å². The van der Waals surface area contributed by atoms with Crippen molar-refractivity contribution in [2.24, 2.45) is 5.92 Å². The van der Waals surface area contributed by atoms with Crippen molar-refractivity contribution in [1.82, 2.24) is 4.90 Å². The largest absolute Gasteiger partial charge is 0.497 e. The molecule has 2 unspecified atom stereocenters. The van der Waals surface area contributed by atoms with Crippen molar-refractivity contribution < 1.29 is 14.3 Å². The number of ether oxygens (including phenoxy) is 2. The molecule has 0 aromatic heterocycles. The number of carbonyl (C=O) groups is 1. The Labute approximate surface area is 128 Å². The summed E-state index contributed by atoms with van der Waals surface area (Å²) in [5, 5.41) is 0. The van der Waals surface area contributed by atoms with Crippen LogP contribution in [-0.4, -0.2) is 38.6 Å². The van der Waals surface area contributed by atoms with Gasteiger partial charge in [-0.2, -0.15) is 0 Å². The summed E-state index contributed by atoms with van der Waals surface area (Å²) in [6.45, 7) is 6.46. The van der Waals surface area contributed by atoms with Crippen molar-refractivity contribution >= 4 is 5.97 Å². The van der Waals surface area contributed by atoms with E-state index >= 15 is 0 Å². The Kier molecular flexibility index (Phi) is 6.21. The van der Waals surface area contributed by atoms with Crippen LogP contribution in [0, 0.1) is 5.92 Å². The van der Waals surface area contributed by atoms with Gasteiger partial charge < -0.3 is 14.4 Å². The van der Waals surface area contributed by atoms with Gasteiger partial charge in [0.05, 0.1) is 7.11 Å². The highest BCUT2D eigenvalue weighted by Gasteiger charge is 2.40. The zero-order chi connectivity index (χ0) is 16.0. The SMILES string of the molecule is CCC(OC(C)=O)(c1cccc(OC)c1)C(C)CN(C)C. The molecule has 0 radical (unpaired) electrons. The summed E-state index contributed by atoms with van der Waals surface area (Å²) in [6, 6.07) is 7.79. The average Bonchev–Trinajstić information content (AvgIpc) is 2.43. The fourth-order valence-corrected chi connectivity index (χ4v) is 2.91. The molecule has 0 saturated carbocycles. The summed E-state index contributed by atoms with van der Waals surface area (Å²) < 4.78 is 11.1. The van der Waals surface area contributed by atoms with Gasteiger partial charge in [0, 0.05) is 19.4 Å². The zero-order valence-electron chi connectivity index (χ0n) is 14.0. The van der Waals surface area contributed by atoms with Gasteiger partial charge in [-0.05, 0) is 38.2 Å². The zero-order valence-corrected chi connectivity index (χ0v) is 14.0. The highest BCUT2D eigenvalue weighted by molar-refractivity contribution is 5.67. The first kappa shape index (κ1) is 17.5.